The van der Waals surface area contributed by atoms with Gasteiger partial charge in [0.05, 0.1) is 0 Å². The normalized spacial score (nSPS) is 11.1. The lowest BCUT2D eigenvalue weighted by Gasteiger charge is -2.14. The lowest BCUT2D eigenvalue weighted by molar-refractivity contribution is 0.757. The highest BCUT2D eigenvalue weighted by molar-refractivity contribution is 14.0. The number of guanidine groups is 1. The lowest BCUT2D eigenvalue weighted by Crippen LogP contribution is -2.36. The maximum absolute atomic E-state index is 4.36. The van der Waals surface area contributed by atoms with Crippen LogP contribution in [0.4, 0.5) is 0 Å². The van der Waals surface area contributed by atoms with Crippen LogP contribution in [0.15, 0.2) is 64.7 Å². The van der Waals surface area contributed by atoms with E-state index in [-0.39, 0.29) is 24.0 Å². The van der Waals surface area contributed by atoms with E-state index in [2.05, 4.69) is 80.8 Å². The number of hydrogen-bond acceptors (Lipinski definition) is 3. The number of halogens is 1. The second kappa shape index (κ2) is 12.0. The molecule has 0 amide bonds. The van der Waals surface area contributed by atoms with Crippen LogP contribution >= 0.6 is 35.7 Å². The summed E-state index contributed by atoms with van der Waals surface area (Å²) >= 11 is 1.78. The van der Waals surface area contributed by atoms with Crippen LogP contribution in [0.3, 0.4) is 0 Å². The maximum atomic E-state index is 4.36. The molecule has 5 nitrogen and oxygen atoms in total. The summed E-state index contributed by atoms with van der Waals surface area (Å²) in [7, 11) is 1.80. The van der Waals surface area contributed by atoms with E-state index in [1.165, 1.54) is 27.1 Å². The van der Waals surface area contributed by atoms with E-state index in [0.29, 0.717) is 0 Å². The Bertz CT molecular complexity index is 983. The summed E-state index contributed by atoms with van der Waals surface area (Å²) in [5.41, 5.74) is 5.05. The second-order valence-electron chi connectivity index (χ2n) is 7.02. The van der Waals surface area contributed by atoms with E-state index in [4.69, 9.17) is 0 Å². The summed E-state index contributed by atoms with van der Waals surface area (Å²) < 4.78 is 2.15. The van der Waals surface area contributed by atoms with E-state index in [0.717, 1.165) is 31.4 Å². The van der Waals surface area contributed by atoms with Gasteiger partial charge >= 0.3 is 0 Å². The Morgan fingerprint density at radius 3 is 2.53 bits per heavy atom. The summed E-state index contributed by atoms with van der Waals surface area (Å²) in [5, 5.41) is 6.84. The van der Waals surface area contributed by atoms with Gasteiger partial charge in [-0.1, -0.05) is 36.4 Å². The van der Waals surface area contributed by atoms with Crippen molar-refractivity contribution in [1.82, 2.24) is 20.2 Å². The molecule has 1 heterocycles. The van der Waals surface area contributed by atoms with Gasteiger partial charge in [0.1, 0.15) is 5.82 Å². The minimum atomic E-state index is 0. The molecule has 2 N–H and O–H groups in total. The van der Waals surface area contributed by atoms with Crippen molar-refractivity contribution in [2.75, 3.05) is 13.3 Å². The molecule has 0 spiro atoms. The number of thioether (sulfide) groups is 1. The van der Waals surface area contributed by atoms with Crippen molar-refractivity contribution >= 4 is 41.7 Å². The molecule has 3 rings (SSSR count). The number of aryl methyl sites for hydroxylation is 2. The van der Waals surface area contributed by atoms with Crippen molar-refractivity contribution in [3.63, 3.8) is 0 Å². The Morgan fingerprint density at radius 2 is 1.83 bits per heavy atom. The molecule has 0 bridgehead atoms. The average molecular weight is 535 g/mol. The fourth-order valence-corrected chi connectivity index (χ4v) is 3.89. The molecule has 7 heteroatoms. The molecule has 0 aliphatic heterocycles. The van der Waals surface area contributed by atoms with E-state index < -0.39 is 0 Å². The first-order valence-electron chi connectivity index (χ1n) is 9.72. The van der Waals surface area contributed by atoms with Gasteiger partial charge in [-0.3, -0.25) is 4.99 Å². The monoisotopic (exact) mass is 535 g/mol. The molecular weight excluding hydrogens is 505 g/mol. The molecule has 0 aliphatic rings. The molecule has 160 valence electrons. The van der Waals surface area contributed by atoms with E-state index in [9.17, 15) is 0 Å². The number of nitrogens with one attached hydrogen (secondary N) is 2. The molecule has 0 aliphatic carbocycles. The van der Waals surface area contributed by atoms with Crippen LogP contribution in [0.25, 0.3) is 0 Å². The topological polar surface area (TPSA) is 54.2 Å². The smallest absolute Gasteiger partial charge is 0.191 e. The Kier molecular flexibility index (Phi) is 9.71. The van der Waals surface area contributed by atoms with Crippen LogP contribution in [-0.4, -0.2) is 28.8 Å². The molecule has 1 aromatic heterocycles. The fraction of sp³-hybridized carbons (Fsp3) is 0.304. The standard InChI is InChI=1S/C23H29N5S.HI/c1-17-8-9-21(22(12-17)29-4)15-27-23(24-3)26-14-19-6-5-7-20(13-19)16-28-11-10-25-18(28)2;/h5-13H,14-16H2,1-4H3,(H2,24,26,27);1H. The molecule has 0 unspecified atom stereocenters. The van der Waals surface area contributed by atoms with Gasteiger partial charge in [-0.05, 0) is 48.4 Å². The van der Waals surface area contributed by atoms with Gasteiger partial charge in [0.25, 0.3) is 0 Å². The van der Waals surface area contributed by atoms with Gasteiger partial charge < -0.3 is 15.2 Å². The summed E-state index contributed by atoms with van der Waals surface area (Å²) in [6, 6.07) is 15.2. The number of imidazole rings is 1. The molecule has 0 saturated heterocycles. The number of nitrogens with zero attached hydrogens (tertiary/aromatic N) is 3. The Hall–Kier alpha value is -2.00. The zero-order valence-electron chi connectivity index (χ0n) is 18.0. The van der Waals surface area contributed by atoms with E-state index in [1.807, 2.05) is 19.3 Å². The molecule has 30 heavy (non-hydrogen) atoms. The van der Waals surface area contributed by atoms with Crippen LogP contribution in [0.2, 0.25) is 0 Å². The summed E-state index contributed by atoms with van der Waals surface area (Å²) in [4.78, 5) is 9.96. The number of rotatable bonds is 7. The van der Waals surface area contributed by atoms with Crippen molar-refractivity contribution < 1.29 is 0 Å². The molecule has 2 aromatic carbocycles. The molecule has 0 fully saturated rings. The minimum Gasteiger partial charge on any atom is -0.352 e. The third-order valence-corrected chi connectivity index (χ3v) is 5.66. The zero-order valence-corrected chi connectivity index (χ0v) is 21.1. The Balaban J connectivity index is 0.00000320. The summed E-state index contributed by atoms with van der Waals surface area (Å²) in [6.07, 6.45) is 5.97. The SMILES string of the molecule is CN=C(NCc1cccc(Cn2ccnc2C)c1)NCc1ccc(C)cc1SC.I. The van der Waals surface area contributed by atoms with Gasteiger partial charge in [-0.15, -0.1) is 35.7 Å². The number of aliphatic imine (C=N–C) groups is 1. The predicted molar refractivity (Wildman–Crippen MR) is 138 cm³/mol. The number of aromatic nitrogens is 2. The Morgan fingerprint density at radius 1 is 1.07 bits per heavy atom. The van der Waals surface area contributed by atoms with Gasteiger partial charge in [0, 0.05) is 44.0 Å². The van der Waals surface area contributed by atoms with Crippen LogP contribution in [0.5, 0.6) is 0 Å². The quantitative estimate of drug-likeness (QED) is 0.199. The first-order valence-corrected chi connectivity index (χ1v) is 10.9. The van der Waals surface area contributed by atoms with Crippen molar-refractivity contribution in [2.24, 2.45) is 4.99 Å². The molecular formula is C23H30IN5S. The van der Waals surface area contributed by atoms with Crippen molar-refractivity contribution in [3.8, 4) is 0 Å². The van der Waals surface area contributed by atoms with Crippen molar-refractivity contribution in [1.29, 1.82) is 0 Å². The molecule has 0 radical (unpaired) electrons. The zero-order chi connectivity index (χ0) is 20.6. The summed E-state index contributed by atoms with van der Waals surface area (Å²) in [5.74, 6) is 1.83. The molecule has 3 aromatic rings. The fourth-order valence-electron chi connectivity index (χ4n) is 3.19. The third-order valence-electron chi connectivity index (χ3n) is 4.84. The van der Waals surface area contributed by atoms with Crippen LogP contribution in [0.1, 0.15) is 28.1 Å². The first kappa shape index (κ1) is 24.3. The third kappa shape index (κ3) is 6.77. The van der Waals surface area contributed by atoms with Crippen LogP contribution in [-0.2, 0) is 19.6 Å². The maximum Gasteiger partial charge on any atom is 0.191 e. The van der Waals surface area contributed by atoms with E-state index >= 15 is 0 Å². The predicted octanol–water partition coefficient (Wildman–Crippen LogP) is 4.75. The highest BCUT2D eigenvalue weighted by Crippen LogP contribution is 2.21. The van der Waals surface area contributed by atoms with Crippen LogP contribution in [0, 0.1) is 13.8 Å². The van der Waals surface area contributed by atoms with Gasteiger partial charge in [0.15, 0.2) is 5.96 Å². The second-order valence-corrected chi connectivity index (χ2v) is 7.87. The van der Waals surface area contributed by atoms with Gasteiger partial charge in [-0.2, -0.15) is 0 Å². The average Bonchev–Trinajstić information content (AvgIpc) is 3.13. The first-order chi connectivity index (χ1) is 14.1. The van der Waals surface area contributed by atoms with Gasteiger partial charge in [-0.25, -0.2) is 4.98 Å². The molecule has 0 saturated carbocycles. The highest BCUT2D eigenvalue weighted by atomic mass is 127. The largest absolute Gasteiger partial charge is 0.352 e. The minimum absolute atomic E-state index is 0. The Labute approximate surface area is 200 Å². The number of hydrogen-bond donors (Lipinski definition) is 2. The van der Waals surface area contributed by atoms with Crippen molar-refractivity contribution in [2.45, 2.75) is 38.4 Å². The highest BCUT2D eigenvalue weighted by Gasteiger charge is 2.05. The molecule has 0 atom stereocenters. The summed E-state index contributed by atoms with van der Waals surface area (Å²) in [6.45, 7) is 6.45. The lowest BCUT2D eigenvalue weighted by atomic mass is 10.1. The van der Waals surface area contributed by atoms with Crippen molar-refractivity contribution in [3.05, 3.63) is 82.9 Å². The van der Waals surface area contributed by atoms with Gasteiger partial charge in [0.2, 0.25) is 0 Å². The van der Waals surface area contributed by atoms with E-state index in [1.54, 1.807) is 18.8 Å². The van der Waals surface area contributed by atoms with Crippen LogP contribution < -0.4 is 10.6 Å². The number of benzene rings is 2.